The lowest BCUT2D eigenvalue weighted by Gasteiger charge is -2.48. The standard InChI is InChI=1S/C23H34N2O12/c1-10(28)24-16-20(32)18(30)14(8-26)35-22(16)37-21-17(25-11(2)29)23(36-15(9-27)19(21)31)34-13-6-4-12(33-3)5-7-13/h4-7,14-23,26-27,30-32H,8-9H2,1-3H3,(H,24,28)(H,25,29)/t14-,15-,16-,17-,18-,19+,20+,21+,22-,23+/m0/s1. The lowest BCUT2D eigenvalue weighted by molar-refractivity contribution is -0.320. The fourth-order valence-corrected chi connectivity index (χ4v) is 4.25. The van der Waals surface area contributed by atoms with E-state index in [0.717, 1.165) is 0 Å². The van der Waals surface area contributed by atoms with E-state index in [1.165, 1.54) is 21.0 Å². The molecule has 1 aromatic carbocycles. The summed E-state index contributed by atoms with van der Waals surface area (Å²) in [5.74, 6) is -0.211. The first-order chi connectivity index (χ1) is 17.6. The summed E-state index contributed by atoms with van der Waals surface area (Å²) in [5, 5.41) is 56.3. The minimum absolute atomic E-state index is 0.317. The highest BCUT2D eigenvalue weighted by Gasteiger charge is 2.52. The molecule has 3 rings (SSSR count). The van der Waals surface area contributed by atoms with E-state index < -0.39 is 86.3 Å². The third-order valence-electron chi connectivity index (χ3n) is 6.08. The van der Waals surface area contributed by atoms with Crippen LogP contribution in [-0.4, -0.2) is 119 Å². The van der Waals surface area contributed by atoms with Crippen molar-refractivity contribution in [2.45, 2.75) is 75.1 Å². The number of hydrogen-bond donors (Lipinski definition) is 7. The second kappa shape index (κ2) is 12.8. The fourth-order valence-electron chi connectivity index (χ4n) is 4.25. The molecule has 0 radical (unpaired) electrons. The van der Waals surface area contributed by atoms with Gasteiger partial charge < -0.3 is 59.9 Å². The van der Waals surface area contributed by atoms with Crippen molar-refractivity contribution in [1.29, 1.82) is 0 Å². The molecule has 0 aromatic heterocycles. The van der Waals surface area contributed by atoms with Crippen LogP contribution in [0.4, 0.5) is 0 Å². The first-order valence-corrected chi connectivity index (χ1v) is 11.7. The topological polar surface area (TPSA) is 206 Å². The van der Waals surface area contributed by atoms with Gasteiger partial charge in [-0.15, -0.1) is 0 Å². The van der Waals surface area contributed by atoms with E-state index in [1.54, 1.807) is 24.3 Å². The van der Waals surface area contributed by atoms with Gasteiger partial charge in [-0.05, 0) is 24.3 Å². The molecule has 0 unspecified atom stereocenters. The van der Waals surface area contributed by atoms with Gasteiger partial charge in [0.15, 0.2) is 6.29 Å². The Labute approximate surface area is 213 Å². The Hall–Kier alpha value is -2.56. The molecule has 2 saturated heterocycles. The lowest BCUT2D eigenvalue weighted by atomic mass is 9.94. The van der Waals surface area contributed by atoms with Crippen molar-refractivity contribution in [2.24, 2.45) is 0 Å². The van der Waals surface area contributed by atoms with E-state index in [0.29, 0.717) is 11.5 Å². The number of aliphatic hydroxyl groups is 5. The predicted molar refractivity (Wildman–Crippen MR) is 123 cm³/mol. The molecule has 37 heavy (non-hydrogen) atoms. The summed E-state index contributed by atoms with van der Waals surface area (Å²) in [4.78, 5) is 23.8. The van der Waals surface area contributed by atoms with Crippen LogP contribution < -0.4 is 20.1 Å². The molecule has 10 atom stereocenters. The van der Waals surface area contributed by atoms with Crippen molar-refractivity contribution >= 4 is 11.8 Å². The van der Waals surface area contributed by atoms with Crippen LogP contribution in [0, 0.1) is 0 Å². The predicted octanol–water partition coefficient (Wildman–Crippen LogP) is -3.01. The minimum atomic E-state index is -1.60. The Morgan fingerprint density at radius 3 is 1.86 bits per heavy atom. The van der Waals surface area contributed by atoms with Crippen LogP contribution >= 0.6 is 0 Å². The molecular formula is C23H34N2O12. The molecule has 14 nitrogen and oxygen atoms in total. The van der Waals surface area contributed by atoms with Gasteiger partial charge in [0.05, 0.1) is 20.3 Å². The van der Waals surface area contributed by atoms with Gasteiger partial charge >= 0.3 is 0 Å². The van der Waals surface area contributed by atoms with Crippen LogP contribution in [0.1, 0.15) is 13.8 Å². The molecule has 0 spiro atoms. The second-order valence-corrected chi connectivity index (χ2v) is 8.77. The second-order valence-electron chi connectivity index (χ2n) is 8.77. The maximum absolute atomic E-state index is 12.1. The van der Waals surface area contributed by atoms with Crippen molar-refractivity contribution in [1.82, 2.24) is 10.6 Å². The largest absolute Gasteiger partial charge is 0.497 e. The minimum Gasteiger partial charge on any atom is -0.497 e. The Bertz CT molecular complexity index is 902. The summed E-state index contributed by atoms with van der Waals surface area (Å²) >= 11 is 0. The molecule has 208 valence electrons. The Kier molecular flexibility index (Phi) is 10.0. The number of methoxy groups -OCH3 is 1. The zero-order valence-corrected chi connectivity index (χ0v) is 20.6. The van der Waals surface area contributed by atoms with Gasteiger partial charge in [0.1, 0.15) is 60.2 Å². The molecule has 1 aromatic rings. The quantitative estimate of drug-likeness (QED) is 0.170. The number of ether oxygens (including phenoxy) is 5. The van der Waals surface area contributed by atoms with Gasteiger partial charge in [-0.1, -0.05) is 0 Å². The number of hydrogen-bond acceptors (Lipinski definition) is 12. The van der Waals surface area contributed by atoms with E-state index >= 15 is 0 Å². The fraction of sp³-hybridized carbons (Fsp3) is 0.652. The van der Waals surface area contributed by atoms with Crippen molar-refractivity contribution in [3.8, 4) is 11.5 Å². The van der Waals surface area contributed by atoms with Crippen LogP contribution in [-0.2, 0) is 23.8 Å². The van der Waals surface area contributed by atoms with Crippen molar-refractivity contribution < 1.29 is 58.8 Å². The number of carbonyl (C=O) groups is 2. The highest BCUT2D eigenvalue weighted by atomic mass is 16.7. The summed E-state index contributed by atoms with van der Waals surface area (Å²) in [7, 11) is 1.50. The summed E-state index contributed by atoms with van der Waals surface area (Å²) in [5.41, 5.74) is 0. The van der Waals surface area contributed by atoms with Crippen LogP contribution in [0.2, 0.25) is 0 Å². The highest BCUT2D eigenvalue weighted by Crippen LogP contribution is 2.31. The van der Waals surface area contributed by atoms with Crippen LogP contribution in [0.15, 0.2) is 24.3 Å². The van der Waals surface area contributed by atoms with Gasteiger partial charge in [0.25, 0.3) is 0 Å². The number of rotatable bonds is 9. The van der Waals surface area contributed by atoms with Gasteiger partial charge in [0.2, 0.25) is 18.1 Å². The highest BCUT2D eigenvalue weighted by molar-refractivity contribution is 5.73. The van der Waals surface area contributed by atoms with E-state index in [2.05, 4.69) is 10.6 Å². The normalized spacial score (nSPS) is 35.9. The number of aliphatic hydroxyl groups excluding tert-OH is 5. The molecule has 0 bridgehead atoms. The van der Waals surface area contributed by atoms with Crippen LogP contribution in [0.5, 0.6) is 11.5 Å². The first-order valence-electron chi connectivity index (χ1n) is 11.7. The number of benzene rings is 1. The molecule has 2 aliphatic rings. The van der Waals surface area contributed by atoms with Crippen molar-refractivity contribution in [3.63, 3.8) is 0 Å². The SMILES string of the molecule is COc1ccc(O[C@@H]2O[C@@H](CO)[C@@H](O)[C@H](O[C@@H]3O[C@@H](CO)[C@H](O)[C@H](O)[C@@H]3NC(C)=O)[C@@H]2NC(C)=O)cc1. The summed E-state index contributed by atoms with van der Waals surface area (Å²) in [6.07, 6.45) is -11.3. The van der Waals surface area contributed by atoms with Crippen molar-refractivity contribution in [2.75, 3.05) is 20.3 Å². The molecule has 0 saturated carbocycles. The van der Waals surface area contributed by atoms with Crippen LogP contribution in [0.25, 0.3) is 0 Å². The Balaban J connectivity index is 1.93. The summed E-state index contributed by atoms with van der Waals surface area (Å²) in [6, 6.07) is 3.96. The molecule has 7 N–H and O–H groups in total. The molecule has 2 heterocycles. The average molecular weight is 531 g/mol. The first kappa shape index (κ1) is 29.0. The average Bonchev–Trinajstić information content (AvgIpc) is 2.86. The Morgan fingerprint density at radius 2 is 1.32 bits per heavy atom. The van der Waals surface area contributed by atoms with Crippen molar-refractivity contribution in [3.05, 3.63) is 24.3 Å². The monoisotopic (exact) mass is 530 g/mol. The maximum atomic E-state index is 12.1. The smallest absolute Gasteiger partial charge is 0.223 e. The molecule has 2 fully saturated rings. The molecule has 2 amide bonds. The van der Waals surface area contributed by atoms with E-state index in [4.69, 9.17) is 23.7 Å². The third-order valence-corrected chi connectivity index (χ3v) is 6.08. The zero-order chi connectivity index (χ0) is 27.3. The van der Waals surface area contributed by atoms with Gasteiger partial charge in [0, 0.05) is 13.8 Å². The van der Waals surface area contributed by atoms with E-state index in [-0.39, 0.29) is 0 Å². The van der Waals surface area contributed by atoms with E-state index in [1.807, 2.05) is 0 Å². The van der Waals surface area contributed by atoms with Crippen LogP contribution in [0.3, 0.4) is 0 Å². The summed E-state index contributed by atoms with van der Waals surface area (Å²) < 4.78 is 28.3. The molecule has 0 aliphatic carbocycles. The number of amides is 2. The Morgan fingerprint density at radius 1 is 0.811 bits per heavy atom. The third kappa shape index (κ3) is 6.86. The molecule has 2 aliphatic heterocycles. The maximum Gasteiger partial charge on any atom is 0.223 e. The molecular weight excluding hydrogens is 496 g/mol. The van der Waals surface area contributed by atoms with Gasteiger partial charge in [-0.2, -0.15) is 0 Å². The van der Waals surface area contributed by atoms with Gasteiger partial charge in [-0.3, -0.25) is 9.59 Å². The number of carbonyl (C=O) groups excluding carboxylic acids is 2. The zero-order valence-electron chi connectivity index (χ0n) is 20.6. The van der Waals surface area contributed by atoms with E-state index in [9.17, 15) is 35.1 Å². The molecule has 14 heteroatoms. The lowest BCUT2D eigenvalue weighted by Crippen LogP contribution is -2.70. The summed E-state index contributed by atoms with van der Waals surface area (Å²) in [6.45, 7) is 1.08. The van der Waals surface area contributed by atoms with Gasteiger partial charge in [-0.25, -0.2) is 0 Å². The number of nitrogens with one attached hydrogen (secondary N) is 2.